The Kier molecular flexibility index (Phi) is 5.98. The van der Waals surface area contributed by atoms with Gasteiger partial charge < -0.3 is 9.64 Å². The van der Waals surface area contributed by atoms with Crippen LogP contribution in [-0.2, 0) is 18.0 Å². The van der Waals surface area contributed by atoms with Gasteiger partial charge in [0, 0.05) is 25.3 Å². The van der Waals surface area contributed by atoms with E-state index in [9.17, 15) is 4.39 Å². The van der Waals surface area contributed by atoms with E-state index in [0.29, 0.717) is 17.1 Å². The highest BCUT2D eigenvalue weighted by molar-refractivity contribution is 7.71. The molecule has 7 nitrogen and oxygen atoms in total. The van der Waals surface area contributed by atoms with Crippen LogP contribution in [0.5, 0.6) is 0 Å². The average molecular weight is 415 g/mol. The number of nitrogens with zero attached hydrogens (tertiary/aromatic N) is 6. The lowest BCUT2D eigenvalue weighted by Crippen LogP contribution is -2.36. The zero-order valence-electron chi connectivity index (χ0n) is 16.2. The van der Waals surface area contributed by atoms with Crippen molar-refractivity contribution in [2.45, 2.75) is 13.2 Å². The van der Waals surface area contributed by atoms with E-state index in [1.54, 1.807) is 16.8 Å². The molecule has 0 spiro atoms. The first-order valence-electron chi connectivity index (χ1n) is 9.49. The highest BCUT2D eigenvalue weighted by atomic mass is 32.1. The summed E-state index contributed by atoms with van der Waals surface area (Å²) in [5, 5.41) is 8.19. The first-order chi connectivity index (χ1) is 14.1. The maximum atomic E-state index is 13.5. The largest absolute Gasteiger partial charge is 0.378 e. The van der Waals surface area contributed by atoms with Crippen LogP contribution in [0.25, 0.3) is 5.69 Å². The second kappa shape index (κ2) is 8.81. The van der Waals surface area contributed by atoms with Gasteiger partial charge in [0.2, 0.25) is 4.77 Å². The fraction of sp³-hybridized carbons (Fsp3) is 0.350. The molecular weight excluding hydrogens is 391 g/mol. The summed E-state index contributed by atoms with van der Waals surface area (Å²) in [4.78, 5) is 4.44. The van der Waals surface area contributed by atoms with E-state index in [1.165, 1.54) is 28.1 Å². The van der Waals surface area contributed by atoms with E-state index in [2.05, 4.69) is 44.5 Å². The summed E-state index contributed by atoms with van der Waals surface area (Å²) in [6.45, 7) is 4.65. The van der Waals surface area contributed by atoms with E-state index in [4.69, 9.17) is 17.0 Å². The van der Waals surface area contributed by atoms with Crippen molar-refractivity contribution in [3.8, 4) is 5.69 Å². The molecule has 0 N–H and O–H groups in total. The molecule has 1 aliphatic heterocycles. The van der Waals surface area contributed by atoms with Gasteiger partial charge in [-0.3, -0.25) is 4.90 Å². The van der Waals surface area contributed by atoms with E-state index >= 15 is 0 Å². The van der Waals surface area contributed by atoms with Crippen LogP contribution in [0.4, 0.5) is 10.1 Å². The predicted octanol–water partition coefficient (Wildman–Crippen LogP) is 2.86. The molecule has 0 bridgehead atoms. The quantitative estimate of drug-likeness (QED) is 0.578. The van der Waals surface area contributed by atoms with Crippen molar-refractivity contribution in [1.29, 1.82) is 0 Å². The second-order valence-electron chi connectivity index (χ2n) is 7.07. The topological polar surface area (TPSA) is 51.4 Å². The summed E-state index contributed by atoms with van der Waals surface area (Å²) >= 11 is 5.46. The minimum absolute atomic E-state index is 0.336. The van der Waals surface area contributed by atoms with Crippen molar-refractivity contribution in [3.05, 3.63) is 64.7 Å². The molecule has 4 rings (SSSR count). The molecule has 9 heteroatoms. The van der Waals surface area contributed by atoms with Gasteiger partial charge >= 0.3 is 0 Å². The Morgan fingerprint density at radius 3 is 2.55 bits per heavy atom. The highest BCUT2D eigenvalue weighted by Crippen LogP contribution is 2.17. The molecule has 152 valence electrons. The molecule has 1 fully saturated rings. The molecule has 2 aromatic carbocycles. The fourth-order valence-electron chi connectivity index (χ4n) is 3.36. The molecule has 3 aromatic rings. The summed E-state index contributed by atoms with van der Waals surface area (Å²) in [6, 6.07) is 14.7. The van der Waals surface area contributed by atoms with Crippen molar-refractivity contribution in [1.82, 2.24) is 24.7 Å². The molecular formula is C20H23FN6OS. The number of hydrogen-bond acceptors (Lipinski definition) is 6. The van der Waals surface area contributed by atoms with Crippen molar-refractivity contribution >= 4 is 17.9 Å². The summed E-state index contributed by atoms with van der Waals surface area (Å²) < 4.78 is 22.4. The molecule has 0 unspecified atom stereocenters. The maximum Gasteiger partial charge on any atom is 0.221 e. The van der Waals surface area contributed by atoms with Gasteiger partial charge in [0.1, 0.15) is 5.82 Å². The number of anilines is 1. The van der Waals surface area contributed by atoms with Gasteiger partial charge in [-0.1, -0.05) is 18.2 Å². The van der Waals surface area contributed by atoms with Gasteiger partial charge in [-0.15, -0.1) is 0 Å². The minimum Gasteiger partial charge on any atom is -0.378 e. The zero-order valence-corrected chi connectivity index (χ0v) is 17.1. The monoisotopic (exact) mass is 414 g/mol. The molecule has 1 aliphatic rings. The van der Waals surface area contributed by atoms with Crippen LogP contribution in [0.3, 0.4) is 0 Å². The smallest absolute Gasteiger partial charge is 0.221 e. The first-order valence-corrected chi connectivity index (χ1v) is 9.90. The Labute approximate surface area is 173 Å². The number of morpholine rings is 1. The number of benzene rings is 2. The number of aromatic nitrogens is 4. The second-order valence-corrected chi connectivity index (χ2v) is 7.44. The number of ether oxygens (including phenoxy) is 1. The molecule has 1 saturated heterocycles. The van der Waals surface area contributed by atoms with Crippen LogP contribution in [-0.4, -0.2) is 58.0 Å². The number of tetrazole rings is 1. The highest BCUT2D eigenvalue weighted by Gasteiger charge is 2.12. The molecule has 0 amide bonds. The summed E-state index contributed by atoms with van der Waals surface area (Å²) in [5.74, 6) is -0.336. The van der Waals surface area contributed by atoms with Gasteiger partial charge in [-0.2, -0.15) is 4.68 Å². The molecule has 0 radical (unpaired) electrons. The Balaban J connectivity index is 1.40. The zero-order chi connectivity index (χ0) is 20.2. The van der Waals surface area contributed by atoms with Crippen LogP contribution in [0, 0.1) is 10.6 Å². The van der Waals surface area contributed by atoms with Crippen LogP contribution in [0.2, 0.25) is 0 Å². The normalized spacial score (nSPS) is 14.5. The molecule has 0 atom stereocenters. The van der Waals surface area contributed by atoms with E-state index in [-0.39, 0.29) is 5.82 Å². The third-order valence-corrected chi connectivity index (χ3v) is 5.22. The Morgan fingerprint density at radius 1 is 1.07 bits per heavy atom. The lowest BCUT2D eigenvalue weighted by atomic mass is 10.2. The van der Waals surface area contributed by atoms with Crippen molar-refractivity contribution in [3.63, 3.8) is 0 Å². The molecule has 1 aromatic heterocycles. The average Bonchev–Trinajstić information content (AvgIpc) is 3.09. The van der Waals surface area contributed by atoms with Crippen LogP contribution in [0.1, 0.15) is 5.56 Å². The maximum absolute atomic E-state index is 13.5. The van der Waals surface area contributed by atoms with Gasteiger partial charge in [0.25, 0.3) is 0 Å². The summed E-state index contributed by atoms with van der Waals surface area (Å²) in [6.07, 6.45) is 0. The number of halogens is 1. The minimum atomic E-state index is -0.336. The van der Waals surface area contributed by atoms with Crippen molar-refractivity contribution in [2.75, 3.05) is 38.3 Å². The van der Waals surface area contributed by atoms with Crippen molar-refractivity contribution in [2.24, 2.45) is 0 Å². The summed E-state index contributed by atoms with van der Waals surface area (Å²) in [5.41, 5.74) is 2.98. The van der Waals surface area contributed by atoms with Crippen molar-refractivity contribution < 1.29 is 9.13 Å². The standard InChI is InChI=1S/C20H23FN6OS/c1-24(14-16-5-7-18(8-6-16)25-9-11-28-12-10-25)15-26-20(29)27(23-22-26)19-4-2-3-17(21)13-19/h2-8,13H,9-12,14-15H2,1H3. The summed E-state index contributed by atoms with van der Waals surface area (Å²) in [7, 11) is 2.00. The van der Waals surface area contributed by atoms with Crippen LogP contribution < -0.4 is 4.90 Å². The van der Waals surface area contributed by atoms with Crippen LogP contribution in [0.15, 0.2) is 48.5 Å². The lowest BCUT2D eigenvalue weighted by Gasteiger charge is -2.29. The van der Waals surface area contributed by atoms with Gasteiger partial charge in [-0.25, -0.2) is 9.07 Å². The third kappa shape index (κ3) is 4.69. The van der Waals surface area contributed by atoms with E-state index < -0.39 is 0 Å². The molecule has 2 heterocycles. The molecule has 0 saturated carbocycles. The molecule has 0 aliphatic carbocycles. The Bertz CT molecular complexity index is 1010. The van der Waals surface area contributed by atoms with E-state index in [0.717, 1.165) is 32.8 Å². The van der Waals surface area contributed by atoms with Gasteiger partial charge in [0.15, 0.2) is 0 Å². The Morgan fingerprint density at radius 2 is 1.83 bits per heavy atom. The van der Waals surface area contributed by atoms with E-state index in [1.807, 2.05) is 7.05 Å². The first kappa shape index (κ1) is 19.7. The lowest BCUT2D eigenvalue weighted by molar-refractivity contribution is 0.122. The number of hydrogen-bond donors (Lipinski definition) is 0. The third-order valence-electron chi connectivity index (χ3n) is 4.83. The SMILES string of the molecule is CN(Cc1ccc(N2CCOCC2)cc1)Cn1nnn(-c2cccc(F)c2)c1=S. The Hall–Kier alpha value is -2.62. The predicted molar refractivity (Wildman–Crippen MR) is 111 cm³/mol. The fourth-order valence-corrected chi connectivity index (χ4v) is 3.59. The molecule has 29 heavy (non-hydrogen) atoms. The van der Waals surface area contributed by atoms with Crippen LogP contribution >= 0.6 is 12.2 Å². The van der Waals surface area contributed by atoms with Gasteiger partial charge in [-0.05, 0) is 65.6 Å². The van der Waals surface area contributed by atoms with Gasteiger partial charge in [0.05, 0.1) is 25.6 Å². The number of rotatable bonds is 6.